The molecule has 7 nitrogen and oxygen atoms in total. The second-order valence-corrected chi connectivity index (χ2v) is 12.1. The molecule has 6 rings (SSSR count). The molecule has 0 unspecified atom stereocenters. The zero-order valence-corrected chi connectivity index (χ0v) is 25.5. The number of anilines is 1. The summed E-state index contributed by atoms with van der Waals surface area (Å²) in [6.07, 6.45) is 9.06. The molecule has 0 spiro atoms. The number of imidazole rings is 1. The minimum atomic E-state index is -3.69. The molecule has 3 aromatic carbocycles. The number of carbonyl (C=O) groups is 1. The second-order valence-electron chi connectivity index (χ2n) is 10.5. The smallest absolute Gasteiger partial charge is 0.238 e. The van der Waals surface area contributed by atoms with Crippen molar-refractivity contribution in [2.24, 2.45) is 18.1 Å². The lowest BCUT2D eigenvalue weighted by atomic mass is 9.91. The molecule has 0 aliphatic heterocycles. The van der Waals surface area contributed by atoms with E-state index >= 15 is 0 Å². The van der Waals surface area contributed by atoms with Gasteiger partial charge in [0.25, 0.3) is 0 Å². The van der Waals surface area contributed by atoms with E-state index in [9.17, 15) is 22.0 Å². The van der Waals surface area contributed by atoms with Crippen molar-refractivity contribution in [1.29, 1.82) is 0 Å². The number of sulfonamides is 1. The average molecular weight is 609 g/mol. The van der Waals surface area contributed by atoms with Crippen LogP contribution in [0.1, 0.15) is 61.5 Å². The Morgan fingerprint density at radius 1 is 0.977 bits per heavy atom. The maximum atomic E-state index is 13.7. The number of fused-ring (bicyclic) bond motifs is 1. The lowest BCUT2D eigenvalue weighted by Gasteiger charge is -2.25. The first kappa shape index (κ1) is 32.0. The molecule has 0 radical (unpaired) electrons. The number of halogens is 2. The summed E-state index contributed by atoms with van der Waals surface area (Å²) in [7, 11) is -1.74. The highest BCUT2D eigenvalue weighted by Crippen LogP contribution is 2.49. The van der Waals surface area contributed by atoms with Crippen LogP contribution in [0.4, 0.5) is 14.5 Å². The molecule has 4 aromatic rings. The number of nitrogens with two attached hydrogens (primary N) is 1. The van der Waals surface area contributed by atoms with Gasteiger partial charge in [-0.05, 0) is 103 Å². The van der Waals surface area contributed by atoms with Crippen LogP contribution in [0.15, 0.2) is 84.0 Å². The highest BCUT2D eigenvalue weighted by Gasteiger charge is 2.46. The molecule has 2 aliphatic carbocycles. The molecule has 1 aromatic heterocycles. The molecule has 0 saturated heterocycles. The van der Waals surface area contributed by atoms with Crippen molar-refractivity contribution >= 4 is 21.6 Å². The Kier molecular flexibility index (Phi) is 10.5. The van der Waals surface area contributed by atoms with Crippen LogP contribution in [0.5, 0.6) is 0 Å². The van der Waals surface area contributed by atoms with Crippen molar-refractivity contribution in [3.05, 3.63) is 113 Å². The third-order valence-corrected chi connectivity index (χ3v) is 8.59. The van der Waals surface area contributed by atoms with Gasteiger partial charge in [0.2, 0.25) is 15.9 Å². The van der Waals surface area contributed by atoms with Gasteiger partial charge in [-0.25, -0.2) is 27.3 Å². The minimum absolute atomic E-state index is 0.0844. The van der Waals surface area contributed by atoms with Crippen LogP contribution in [-0.4, -0.2) is 23.9 Å². The fourth-order valence-electron chi connectivity index (χ4n) is 5.27. The number of benzene rings is 3. The number of aromatic nitrogens is 2. The lowest BCUT2D eigenvalue weighted by molar-refractivity contribution is -0.120. The van der Waals surface area contributed by atoms with E-state index < -0.39 is 15.8 Å². The lowest BCUT2D eigenvalue weighted by Crippen LogP contribution is -2.33. The first-order chi connectivity index (χ1) is 20.6. The van der Waals surface area contributed by atoms with Crippen LogP contribution in [0.25, 0.3) is 0 Å². The largest absolute Gasteiger partial charge is 0.337 e. The molecule has 10 heteroatoms. The van der Waals surface area contributed by atoms with E-state index in [0.29, 0.717) is 6.54 Å². The van der Waals surface area contributed by atoms with E-state index in [2.05, 4.69) is 23.2 Å². The summed E-state index contributed by atoms with van der Waals surface area (Å²) < 4.78 is 49.0. The maximum absolute atomic E-state index is 13.7. The number of primary sulfonamides is 1. The van der Waals surface area contributed by atoms with Gasteiger partial charge in [0, 0.05) is 31.0 Å². The summed E-state index contributed by atoms with van der Waals surface area (Å²) in [6.45, 7) is 4.44. The van der Waals surface area contributed by atoms with Gasteiger partial charge in [-0.15, -0.1) is 0 Å². The predicted octanol–water partition coefficient (Wildman–Crippen LogP) is 6.27. The Hall–Kier alpha value is -3.89. The fraction of sp³-hybridized carbons (Fsp3) is 0.333. The monoisotopic (exact) mass is 608 g/mol. The van der Waals surface area contributed by atoms with Crippen molar-refractivity contribution in [3.63, 3.8) is 0 Å². The number of hydrogen-bond acceptors (Lipinski definition) is 4. The minimum Gasteiger partial charge on any atom is -0.337 e. The quantitative estimate of drug-likeness (QED) is 0.279. The molecule has 1 heterocycles. The van der Waals surface area contributed by atoms with E-state index in [0.717, 1.165) is 60.6 Å². The zero-order chi connectivity index (χ0) is 31.1. The van der Waals surface area contributed by atoms with E-state index in [1.165, 1.54) is 30.0 Å². The van der Waals surface area contributed by atoms with Gasteiger partial charge in [0.05, 0.1) is 11.4 Å². The highest BCUT2D eigenvalue weighted by atomic mass is 32.2. The van der Waals surface area contributed by atoms with Gasteiger partial charge < -0.3 is 9.47 Å². The number of amides is 1. The average Bonchev–Trinajstić information content (AvgIpc) is 3.71. The SMILES string of the molecule is CC.Cn1ccnc1CN(C(=O)[C@H]1C[C@@H]1c1cccc(F)c1)c1ccc2c(c1)CCCC2.NS(=O)(=O)c1ccc(F)cc1. The molecule has 2 atom stereocenters. The molecule has 0 bridgehead atoms. The second kappa shape index (κ2) is 14.1. The van der Waals surface area contributed by atoms with Crippen molar-refractivity contribution in [3.8, 4) is 0 Å². The number of hydrogen-bond donors (Lipinski definition) is 1. The van der Waals surface area contributed by atoms with Gasteiger partial charge in [-0.1, -0.05) is 32.0 Å². The van der Waals surface area contributed by atoms with Gasteiger partial charge in [-0.3, -0.25) is 4.79 Å². The Labute approximate surface area is 252 Å². The topological polar surface area (TPSA) is 98.3 Å². The first-order valence-corrected chi connectivity index (χ1v) is 16.1. The van der Waals surface area contributed by atoms with E-state index in [1.807, 2.05) is 42.6 Å². The molecule has 43 heavy (non-hydrogen) atoms. The third-order valence-electron chi connectivity index (χ3n) is 7.66. The van der Waals surface area contributed by atoms with Crippen molar-refractivity contribution in [2.75, 3.05) is 4.90 Å². The molecule has 228 valence electrons. The molecular formula is C33H38F2N4O3S. The molecular weight excluding hydrogens is 570 g/mol. The van der Waals surface area contributed by atoms with Crippen LogP contribution >= 0.6 is 0 Å². The normalized spacial score (nSPS) is 17.0. The van der Waals surface area contributed by atoms with Crippen molar-refractivity contribution < 1.29 is 22.0 Å². The van der Waals surface area contributed by atoms with Crippen molar-refractivity contribution in [2.45, 2.75) is 63.3 Å². The summed E-state index contributed by atoms with van der Waals surface area (Å²) in [5, 5.41) is 4.76. The molecule has 1 saturated carbocycles. The first-order valence-electron chi connectivity index (χ1n) is 14.5. The summed E-state index contributed by atoms with van der Waals surface area (Å²) in [5.74, 6) is 0.201. The van der Waals surface area contributed by atoms with E-state index in [4.69, 9.17) is 5.14 Å². The Morgan fingerprint density at radius 2 is 1.67 bits per heavy atom. The molecule has 2 N–H and O–H groups in total. The van der Waals surface area contributed by atoms with E-state index in [1.54, 1.807) is 18.3 Å². The maximum Gasteiger partial charge on any atom is 0.238 e. The summed E-state index contributed by atoms with van der Waals surface area (Å²) in [4.78, 5) is 19.8. The number of rotatable bonds is 6. The van der Waals surface area contributed by atoms with Crippen LogP contribution in [0, 0.1) is 17.6 Å². The van der Waals surface area contributed by atoms with Crippen LogP contribution < -0.4 is 10.0 Å². The molecule has 2 aliphatic rings. The summed E-state index contributed by atoms with van der Waals surface area (Å²) in [6, 6.07) is 17.4. The zero-order valence-electron chi connectivity index (χ0n) is 24.7. The van der Waals surface area contributed by atoms with Gasteiger partial charge in [0.1, 0.15) is 17.5 Å². The van der Waals surface area contributed by atoms with Crippen LogP contribution in [0.3, 0.4) is 0 Å². The van der Waals surface area contributed by atoms with Crippen molar-refractivity contribution in [1.82, 2.24) is 9.55 Å². The predicted molar refractivity (Wildman–Crippen MR) is 164 cm³/mol. The molecule has 1 amide bonds. The number of aryl methyl sites for hydroxylation is 3. The summed E-state index contributed by atoms with van der Waals surface area (Å²) in [5.41, 5.74) is 4.61. The van der Waals surface area contributed by atoms with Crippen LogP contribution in [0.2, 0.25) is 0 Å². The van der Waals surface area contributed by atoms with Gasteiger partial charge in [0.15, 0.2) is 0 Å². The van der Waals surface area contributed by atoms with Gasteiger partial charge in [-0.2, -0.15) is 0 Å². The Balaban J connectivity index is 0.000000274. The number of nitrogens with zero attached hydrogens (tertiary/aromatic N) is 3. The number of carbonyl (C=O) groups excluding carboxylic acids is 1. The Morgan fingerprint density at radius 3 is 2.30 bits per heavy atom. The summed E-state index contributed by atoms with van der Waals surface area (Å²) >= 11 is 0. The molecule has 1 fully saturated rings. The van der Waals surface area contributed by atoms with Gasteiger partial charge >= 0.3 is 0 Å². The fourth-order valence-corrected chi connectivity index (χ4v) is 5.79. The standard InChI is InChI=1S/C25H26FN3O.C6H6FNO2S.C2H6/c1-28-12-11-27-24(28)16-29(21-10-9-17-5-2-3-6-18(17)14-21)25(30)23-15-22(23)19-7-4-8-20(26)13-19;7-5-1-3-6(4-2-5)11(8,9)10;1-2/h4,7-14,22-23H,2-3,5-6,15-16H2,1H3;1-4H,(H2,8,9,10);1-2H3/t22-,23+;;/m1../s1. The van der Waals surface area contributed by atoms with E-state index in [-0.39, 0.29) is 28.5 Å². The third kappa shape index (κ3) is 8.14. The van der Waals surface area contributed by atoms with Crippen LogP contribution in [-0.2, 0) is 41.3 Å². The highest BCUT2D eigenvalue weighted by molar-refractivity contribution is 7.89. The Bertz CT molecular complexity index is 1650.